The summed E-state index contributed by atoms with van der Waals surface area (Å²) in [7, 11) is 0. The van der Waals surface area contributed by atoms with Crippen LogP contribution >= 0.6 is 11.6 Å². The van der Waals surface area contributed by atoms with Crippen molar-refractivity contribution in [3.8, 4) is 23.1 Å². The minimum Gasteiger partial charge on any atom is -0.492 e. The summed E-state index contributed by atoms with van der Waals surface area (Å²) in [4.78, 5) is 45.5. The van der Waals surface area contributed by atoms with Crippen LogP contribution in [0.1, 0.15) is 46.7 Å². The lowest BCUT2D eigenvalue weighted by molar-refractivity contribution is -0.154. The molecule has 4 aliphatic rings. The number of alkyl halides is 3. The van der Waals surface area contributed by atoms with Gasteiger partial charge >= 0.3 is 12.2 Å². The molecule has 5 aromatic rings. The van der Waals surface area contributed by atoms with Gasteiger partial charge in [-0.3, -0.25) is 9.59 Å². The van der Waals surface area contributed by atoms with Gasteiger partial charge in [0.05, 0.1) is 11.6 Å². The van der Waals surface area contributed by atoms with E-state index in [-0.39, 0.29) is 55.6 Å². The Balaban J connectivity index is 1.26. The zero-order chi connectivity index (χ0) is 38.3. The second-order valence-electron chi connectivity index (χ2n) is 13.2. The molecule has 282 valence electrons. The average molecular weight is 765 g/mol. The lowest BCUT2D eigenvalue weighted by atomic mass is 9.92. The predicted octanol–water partition coefficient (Wildman–Crippen LogP) is 7.16. The first kappa shape index (κ1) is 37.8. The average Bonchev–Trinajstić information content (AvgIpc) is 3.64. The second kappa shape index (κ2) is 16.4. The van der Waals surface area contributed by atoms with E-state index in [1.54, 1.807) is 47.4 Å². The van der Waals surface area contributed by atoms with Crippen molar-refractivity contribution in [2.24, 2.45) is 5.41 Å². The summed E-state index contributed by atoms with van der Waals surface area (Å²) >= 11 is 6.56. The molecule has 0 radical (unpaired) electrons. The molecular weight excluding hydrogens is 729 g/mol. The van der Waals surface area contributed by atoms with E-state index in [0.29, 0.717) is 51.9 Å². The normalized spacial score (nSPS) is 15.3. The van der Waals surface area contributed by atoms with E-state index < -0.39 is 24.2 Å². The molecule has 0 aliphatic carbocycles. The molecule has 2 amide bonds. The number of anilines is 3. The highest BCUT2D eigenvalue weighted by molar-refractivity contribution is 6.32. The van der Waals surface area contributed by atoms with Gasteiger partial charge in [0.2, 0.25) is 11.9 Å². The first-order valence-electron chi connectivity index (χ1n) is 16.9. The van der Waals surface area contributed by atoms with Gasteiger partial charge in [-0.25, -0.2) is 4.98 Å². The van der Waals surface area contributed by atoms with Crippen molar-refractivity contribution in [2.45, 2.75) is 33.0 Å². The Labute approximate surface area is 313 Å². The highest BCUT2D eigenvalue weighted by atomic mass is 35.5. The van der Waals surface area contributed by atoms with Gasteiger partial charge in [-0.05, 0) is 53.8 Å². The largest absolute Gasteiger partial charge is 0.492 e. The summed E-state index contributed by atoms with van der Waals surface area (Å²) in [6.07, 6.45) is -2.93. The number of benzene rings is 3. The van der Waals surface area contributed by atoms with Crippen LogP contribution in [0.4, 0.5) is 30.8 Å². The van der Waals surface area contributed by atoms with Gasteiger partial charge in [0.1, 0.15) is 5.75 Å². The molecule has 6 bridgehead atoms. The zero-order valence-electron chi connectivity index (χ0n) is 29.2. The highest BCUT2D eigenvalue weighted by Crippen LogP contribution is 2.28. The van der Waals surface area contributed by atoms with Crippen LogP contribution in [-0.4, -0.2) is 75.7 Å². The van der Waals surface area contributed by atoms with Crippen LogP contribution in [0, 0.1) is 5.41 Å². The maximum Gasteiger partial charge on any atom is 0.422 e. The van der Waals surface area contributed by atoms with Gasteiger partial charge in [-0.1, -0.05) is 61.8 Å². The number of aromatic nitrogens is 4. The third-order valence-corrected chi connectivity index (χ3v) is 8.39. The predicted molar refractivity (Wildman–Crippen MR) is 194 cm³/mol. The molecule has 0 spiro atoms. The Kier molecular flexibility index (Phi) is 11.5. The third-order valence-electron chi connectivity index (χ3n) is 8.10. The summed E-state index contributed by atoms with van der Waals surface area (Å²) < 4.78 is 55.2. The Hall–Kier alpha value is -5.90. The number of ether oxygens (including phenoxy) is 2. The van der Waals surface area contributed by atoms with E-state index >= 15 is 0 Å². The summed E-state index contributed by atoms with van der Waals surface area (Å²) in [6, 6.07) is 20.2. The van der Waals surface area contributed by atoms with Crippen molar-refractivity contribution in [2.75, 3.05) is 43.5 Å². The molecule has 4 aliphatic heterocycles. The summed E-state index contributed by atoms with van der Waals surface area (Å²) in [5.74, 6) is -0.0649. The van der Waals surface area contributed by atoms with E-state index in [1.807, 2.05) is 44.2 Å². The molecule has 0 saturated heterocycles. The van der Waals surface area contributed by atoms with Crippen LogP contribution in [0.25, 0.3) is 11.3 Å². The van der Waals surface area contributed by atoms with Crippen molar-refractivity contribution in [3.63, 3.8) is 0 Å². The molecule has 6 heterocycles. The van der Waals surface area contributed by atoms with Crippen molar-refractivity contribution >= 4 is 41.0 Å². The number of nitrogens with zero attached hydrogens (tertiary/aromatic N) is 5. The molecule has 0 saturated carbocycles. The second-order valence-corrected chi connectivity index (χ2v) is 13.6. The number of carbonyl (C=O) groups excluding carboxylic acids is 2. The van der Waals surface area contributed by atoms with Crippen LogP contribution < -0.4 is 25.4 Å². The molecule has 3 aromatic carbocycles. The fourth-order valence-corrected chi connectivity index (χ4v) is 5.77. The van der Waals surface area contributed by atoms with Crippen molar-refractivity contribution in [1.29, 1.82) is 0 Å². The smallest absolute Gasteiger partial charge is 0.422 e. The van der Waals surface area contributed by atoms with Crippen LogP contribution in [-0.2, 0) is 6.54 Å². The number of halogens is 4. The lowest BCUT2D eigenvalue weighted by Gasteiger charge is -2.33. The SMILES string of the molecule is CC1(C)CNC(=O)c2ccc(cc2)Nc2nc(nc(OCC(F)(F)F)n2)NCc2ccc(c(Cl)c2)OCCCN(C(=O)c2ncoc2-c2ccccc2)C1. The Morgan fingerprint density at radius 2 is 1.74 bits per heavy atom. The first-order valence-corrected chi connectivity index (χ1v) is 17.2. The first-order chi connectivity index (χ1) is 25.8. The Bertz CT molecular complexity index is 2080. The molecule has 13 nitrogen and oxygen atoms in total. The van der Waals surface area contributed by atoms with Gasteiger partial charge in [-0.15, -0.1) is 0 Å². The Morgan fingerprint density at radius 3 is 2.48 bits per heavy atom. The fourth-order valence-electron chi connectivity index (χ4n) is 5.52. The van der Waals surface area contributed by atoms with E-state index in [2.05, 4.69) is 35.9 Å². The quantitative estimate of drug-likeness (QED) is 0.171. The van der Waals surface area contributed by atoms with Crippen molar-refractivity contribution in [3.05, 3.63) is 101 Å². The van der Waals surface area contributed by atoms with Crippen LogP contribution in [0.15, 0.2) is 83.6 Å². The minimum absolute atomic E-state index is 0.0604. The molecule has 0 unspecified atom stereocenters. The minimum atomic E-state index is -4.61. The van der Waals surface area contributed by atoms with Gasteiger partial charge < -0.3 is 34.7 Å². The number of nitrogens with one attached hydrogen (secondary N) is 3. The summed E-state index contributed by atoms with van der Waals surface area (Å²) in [5.41, 5.74) is 1.79. The number of hydrogen-bond acceptors (Lipinski definition) is 11. The highest BCUT2D eigenvalue weighted by Gasteiger charge is 2.31. The summed E-state index contributed by atoms with van der Waals surface area (Å²) in [6.45, 7) is 3.43. The topological polar surface area (TPSA) is 157 Å². The molecule has 17 heteroatoms. The van der Waals surface area contributed by atoms with Gasteiger partial charge in [0, 0.05) is 43.0 Å². The molecule has 0 fully saturated rings. The molecule has 54 heavy (non-hydrogen) atoms. The fraction of sp³-hybridized carbons (Fsp3) is 0.297. The number of hydrogen-bond donors (Lipinski definition) is 3. The monoisotopic (exact) mass is 764 g/mol. The molecule has 2 aromatic heterocycles. The third kappa shape index (κ3) is 10.2. The molecule has 0 atom stereocenters. The number of carbonyl (C=O) groups is 2. The lowest BCUT2D eigenvalue weighted by Crippen LogP contribution is -2.45. The van der Waals surface area contributed by atoms with Gasteiger partial charge in [0.25, 0.3) is 11.8 Å². The summed E-state index contributed by atoms with van der Waals surface area (Å²) in [5, 5.41) is 9.15. The van der Waals surface area contributed by atoms with Gasteiger partial charge in [0.15, 0.2) is 24.5 Å². The molecule has 3 N–H and O–H groups in total. The maximum atomic E-state index is 14.1. The van der Waals surface area contributed by atoms with Crippen LogP contribution in [0.5, 0.6) is 11.8 Å². The van der Waals surface area contributed by atoms with E-state index in [1.165, 1.54) is 6.39 Å². The van der Waals surface area contributed by atoms with Gasteiger partial charge in [-0.2, -0.15) is 28.1 Å². The van der Waals surface area contributed by atoms with Crippen molar-refractivity contribution in [1.82, 2.24) is 30.2 Å². The number of amides is 2. The van der Waals surface area contributed by atoms with E-state index in [9.17, 15) is 22.8 Å². The molecule has 9 rings (SSSR count). The number of rotatable bonds is 4. The van der Waals surface area contributed by atoms with Crippen LogP contribution in [0.2, 0.25) is 5.02 Å². The maximum absolute atomic E-state index is 14.1. The molecular formula is C37H36ClF3N8O5. The van der Waals surface area contributed by atoms with E-state index in [0.717, 1.165) is 0 Å². The zero-order valence-corrected chi connectivity index (χ0v) is 30.0. The van der Waals surface area contributed by atoms with E-state index in [4.69, 9.17) is 25.5 Å². The number of oxazole rings is 1. The van der Waals surface area contributed by atoms with Crippen molar-refractivity contribution < 1.29 is 36.7 Å². The standard InChI is InChI=1S/C37H36ClF3N8O5/c1-36(2)19-43-31(50)25-10-12-26(13-11-25)45-34-46-33(47-35(48-34)53-21-37(39,40)41)42-18-23-9-14-28(27(38)17-23)52-16-6-15-49(20-36)32(51)29-30(54-22-44-29)24-7-4-3-5-8-24/h3-5,7-14,17,22H,6,15-16,18-21H2,1-2H3,(H,43,50)(H2,42,45,46,47,48). The Morgan fingerprint density at radius 1 is 0.981 bits per heavy atom. The van der Waals surface area contributed by atoms with Crippen LogP contribution in [0.3, 0.4) is 0 Å².